The Bertz CT molecular complexity index is 2010. The average molecular weight is 790 g/mol. The molecular formula is C43H40Cl4Zr-2. The van der Waals surface area contributed by atoms with Crippen LogP contribution in [0.4, 0.5) is 0 Å². The Morgan fingerprint density at radius 3 is 1.96 bits per heavy atom. The summed E-state index contributed by atoms with van der Waals surface area (Å²) in [6, 6.07) is 25.8. The van der Waals surface area contributed by atoms with Crippen LogP contribution in [0.2, 0.25) is 10.0 Å². The molecule has 0 bridgehead atoms. The molecule has 0 amide bonds. The van der Waals surface area contributed by atoms with Crippen LogP contribution in [0, 0.1) is 11.8 Å². The van der Waals surface area contributed by atoms with Gasteiger partial charge in [0.05, 0.1) is 0 Å². The normalized spacial score (nSPS) is 16.5. The van der Waals surface area contributed by atoms with E-state index in [9.17, 15) is 0 Å². The summed E-state index contributed by atoms with van der Waals surface area (Å²) in [4.78, 5) is 0. The summed E-state index contributed by atoms with van der Waals surface area (Å²) < 4.78 is 1.26. The van der Waals surface area contributed by atoms with Crippen molar-refractivity contribution in [3.05, 3.63) is 163 Å². The van der Waals surface area contributed by atoms with Gasteiger partial charge in [0.15, 0.2) is 0 Å². The second-order valence-electron chi connectivity index (χ2n) is 14.0. The number of halogens is 4. The zero-order chi connectivity index (χ0) is 32.8. The van der Waals surface area contributed by atoms with Crippen LogP contribution >= 0.6 is 23.2 Å². The molecule has 0 saturated heterocycles. The molecule has 0 nitrogen and oxygen atoms in total. The van der Waals surface area contributed by atoms with Crippen LogP contribution in [-0.4, -0.2) is 3.21 Å². The van der Waals surface area contributed by atoms with Gasteiger partial charge in [-0.25, -0.2) is 24.1 Å². The molecule has 0 aromatic heterocycles. The second-order valence-corrected chi connectivity index (χ2v) is 16.1. The first-order valence-corrected chi connectivity index (χ1v) is 18.0. The van der Waals surface area contributed by atoms with Crippen LogP contribution in [0.1, 0.15) is 81.3 Å². The van der Waals surface area contributed by atoms with Crippen molar-refractivity contribution in [2.45, 2.75) is 59.8 Å². The van der Waals surface area contributed by atoms with Crippen molar-refractivity contribution in [3.63, 3.8) is 0 Å². The molecule has 4 aromatic carbocycles. The van der Waals surface area contributed by atoms with Crippen LogP contribution in [0.3, 0.4) is 0 Å². The molecule has 0 fully saturated rings. The van der Waals surface area contributed by atoms with Gasteiger partial charge in [0.2, 0.25) is 0 Å². The third kappa shape index (κ3) is 7.72. The first-order valence-electron chi connectivity index (χ1n) is 16.0. The molecule has 0 atom stereocenters. The van der Waals surface area contributed by atoms with Gasteiger partial charge in [-0.15, -0.1) is 5.56 Å². The van der Waals surface area contributed by atoms with Gasteiger partial charge in [0.1, 0.15) is 0 Å². The molecule has 8 rings (SSSR count). The van der Waals surface area contributed by atoms with Gasteiger partial charge in [-0.3, -0.25) is 0 Å². The quantitative estimate of drug-likeness (QED) is 0.265. The molecule has 0 radical (unpaired) electrons. The maximum atomic E-state index is 5.98. The number of fused-ring (bicyclic) bond motifs is 7. The summed E-state index contributed by atoms with van der Waals surface area (Å²) in [6.07, 6.45) is 14.3. The summed E-state index contributed by atoms with van der Waals surface area (Å²) in [7, 11) is 0. The molecule has 0 unspecified atom stereocenters. The Morgan fingerprint density at radius 2 is 1.42 bits per heavy atom. The first-order chi connectivity index (χ1) is 21.9. The molecule has 246 valence electrons. The van der Waals surface area contributed by atoms with E-state index in [1.54, 1.807) is 27.8 Å². The fourth-order valence-corrected chi connectivity index (χ4v) is 8.59. The Hall–Kier alpha value is -2.25. The third-order valence-electron chi connectivity index (χ3n) is 9.36. The Morgan fingerprint density at radius 1 is 0.812 bits per heavy atom. The van der Waals surface area contributed by atoms with Crippen molar-refractivity contribution >= 4 is 49.2 Å². The van der Waals surface area contributed by atoms with Gasteiger partial charge in [0.25, 0.3) is 0 Å². The minimum Gasteiger partial charge on any atom is -1.00 e. The van der Waals surface area contributed by atoms with Gasteiger partial charge in [0, 0.05) is 0 Å². The number of hydrogen-bond donors (Lipinski definition) is 0. The summed E-state index contributed by atoms with van der Waals surface area (Å²) in [5, 5.41) is 4.53. The third-order valence-corrected chi connectivity index (χ3v) is 11.2. The second kappa shape index (κ2) is 15.3. The summed E-state index contributed by atoms with van der Waals surface area (Å²) in [5.41, 5.74) is 15.1. The van der Waals surface area contributed by atoms with Gasteiger partial charge in [-0.1, -0.05) is 75.1 Å². The summed E-state index contributed by atoms with van der Waals surface area (Å²) >= 11 is 13.3. The molecular weight excluding hydrogens is 750 g/mol. The van der Waals surface area contributed by atoms with Crippen LogP contribution in [0.25, 0.3) is 22.8 Å². The molecule has 48 heavy (non-hydrogen) atoms. The van der Waals surface area contributed by atoms with Crippen molar-refractivity contribution in [2.75, 3.05) is 0 Å². The van der Waals surface area contributed by atoms with E-state index in [1.807, 2.05) is 66.7 Å². The Labute approximate surface area is 323 Å². The molecule has 0 N–H and O–H groups in total. The molecule has 4 aromatic rings. The van der Waals surface area contributed by atoms with Crippen LogP contribution in [0.5, 0.6) is 0 Å². The van der Waals surface area contributed by atoms with Crippen LogP contribution in [-0.2, 0) is 36.1 Å². The zero-order valence-corrected chi connectivity index (χ0v) is 33.8. The number of hydrogen-bond acceptors (Lipinski definition) is 0. The molecule has 4 aliphatic carbocycles. The monoisotopic (exact) mass is 786 g/mol. The maximum Gasteiger partial charge on any atom is -0.172 e. The fraction of sp³-hybridized carbons (Fsp3) is 0.233. The van der Waals surface area contributed by atoms with E-state index in [2.05, 4.69) is 84.4 Å². The number of benzene rings is 3. The van der Waals surface area contributed by atoms with Crippen molar-refractivity contribution in [1.82, 2.24) is 0 Å². The van der Waals surface area contributed by atoms with Crippen LogP contribution in [0.15, 0.2) is 103 Å². The van der Waals surface area contributed by atoms with Gasteiger partial charge in [-0.05, 0) is 53.0 Å². The van der Waals surface area contributed by atoms with Crippen molar-refractivity contribution in [3.8, 4) is 0 Å². The summed E-state index contributed by atoms with van der Waals surface area (Å²) in [5.74, 6) is 0. The molecule has 0 heterocycles. The molecule has 5 heteroatoms. The van der Waals surface area contributed by atoms with Gasteiger partial charge < -0.3 is 24.8 Å². The average Bonchev–Trinajstić information content (AvgIpc) is 3.80. The van der Waals surface area contributed by atoms with E-state index in [1.165, 1.54) is 54.6 Å². The molecule has 0 saturated carbocycles. The summed E-state index contributed by atoms with van der Waals surface area (Å²) in [6.45, 7) is 14.1. The molecule has 0 aliphatic heterocycles. The largest absolute Gasteiger partial charge is 1.00 e. The van der Waals surface area contributed by atoms with Gasteiger partial charge >= 0.3 is 120 Å². The predicted molar refractivity (Wildman–Crippen MR) is 197 cm³/mol. The zero-order valence-electron chi connectivity index (χ0n) is 28.3. The Balaban J connectivity index is 0.000000195. The SMILES string of the molecule is CC1=CC=c2c1c1c(c3c2=C(C)[CH-]C3(C)C)CC2=C1CC(C)(C)C=C2.Clc1cccc([C](=[Zr+2])c2cccc(Cl)c2)c1.[Cl-].[Cl-].c1cc[cH-]c1. The van der Waals surface area contributed by atoms with E-state index < -0.39 is 0 Å². The Kier molecular flexibility index (Phi) is 12.3. The van der Waals surface area contributed by atoms with Crippen molar-refractivity contribution in [1.29, 1.82) is 0 Å². The smallest absolute Gasteiger partial charge is 0.172 e. The fourth-order valence-electron chi connectivity index (χ4n) is 7.44. The van der Waals surface area contributed by atoms with Crippen molar-refractivity contribution < 1.29 is 49.0 Å². The van der Waals surface area contributed by atoms with Crippen molar-refractivity contribution in [2.24, 2.45) is 5.41 Å². The maximum absolute atomic E-state index is 5.98. The number of rotatable bonds is 2. The van der Waals surface area contributed by atoms with E-state index in [0.717, 1.165) is 34.0 Å². The van der Waals surface area contributed by atoms with E-state index in [0.29, 0.717) is 0 Å². The minimum atomic E-state index is 0. The van der Waals surface area contributed by atoms with E-state index >= 15 is 0 Å². The van der Waals surface area contributed by atoms with E-state index in [-0.39, 0.29) is 35.6 Å². The van der Waals surface area contributed by atoms with E-state index in [4.69, 9.17) is 23.2 Å². The first kappa shape index (κ1) is 38.6. The number of allylic oxidation sites excluding steroid dienone is 6. The predicted octanol–water partition coefficient (Wildman–Crippen LogP) is 4.37. The molecule has 0 spiro atoms. The van der Waals surface area contributed by atoms with Gasteiger partial charge in [-0.2, -0.15) is 23.4 Å². The minimum absolute atomic E-state index is 0. The van der Waals surface area contributed by atoms with Crippen LogP contribution < -0.4 is 35.3 Å². The topological polar surface area (TPSA) is 0 Å². The standard InChI is InChI=1S/C25H27.C13H8Cl2.C5H5.2ClH.Zr/c1-14-7-8-17-20(14)22-18(23-21(17)15(2)12-25(23,5)6)11-16-9-10-24(3,4)13-19(16)22;14-12-5-1-3-10(8-12)7-11-4-2-6-13(15)9-11;1-2-4-5-3-1;;;/h7-10,12H,11,13H2,1-6H3;1-6,8-9H;1-5H;2*1H;/q-1;;-1;;;+2/p-2. The molecule has 4 aliphatic rings.